The Labute approximate surface area is 144 Å². The number of hydrogen-bond donors (Lipinski definition) is 1. The highest BCUT2D eigenvalue weighted by Gasteiger charge is 2.30. The molecule has 0 atom stereocenters. The summed E-state index contributed by atoms with van der Waals surface area (Å²) in [4.78, 5) is 25.4. The van der Waals surface area contributed by atoms with Gasteiger partial charge in [0.25, 0.3) is 5.91 Å². The monoisotopic (exact) mass is 355 g/mol. The smallest absolute Gasteiger partial charge is 0.323 e. The van der Waals surface area contributed by atoms with Crippen LogP contribution in [0.25, 0.3) is 0 Å². The van der Waals surface area contributed by atoms with Crippen LogP contribution in [-0.4, -0.2) is 60.9 Å². The lowest BCUT2D eigenvalue weighted by atomic mass is 10.0. The van der Waals surface area contributed by atoms with E-state index in [0.29, 0.717) is 50.8 Å². The fourth-order valence-corrected chi connectivity index (χ4v) is 3.17. The normalized spacial score (nSPS) is 17.4. The zero-order valence-electron chi connectivity index (χ0n) is 13.0. The number of ether oxygens (including phenoxy) is 3. The summed E-state index contributed by atoms with van der Waals surface area (Å²) in [7, 11) is 0. The number of aliphatic carboxylic acids is 1. The largest absolute Gasteiger partial charge is 0.486 e. The minimum Gasteiger partial charge on any atom is -0.486 e. The van der Waals surface area contributed by atoms with E-state index in [2.05, 4.69) is 0 Å². The van der Waals surface area contributed by atoms with Gasteiger partial charge in [-0.2, -0.15) is 0 Å². The van der Waals surface area contributed by atoms with E-state index < -0.39 is 5.97 Å². The first kappa shape index (κ1) is 16.9. The molecule has 2 heterocycles. The van der Waals surface area contributed by atoms with Crippen LogP contribution in [0.3, 0.4) is 0 Å². The third-order valence-electron chi connectivity index (χ3n) is 4.04. The summed E-state index contributed by atoms with van der Waals surface area (Å²) in [6.45, 7) is 1.43. The predicted octanol–water partition coefficient (Wildman–Crippen LogP) is 1.82. The van der Waals surface area contributed by atoms with E-state index in [4.69, 9.17) is 30.9 Å². The highest BCUT2D eigenvalue weighted by Crippen LogP contribution is 2.38. The summed E-state index contributed by atoms with van der Waals surface area (Å²) in [5, 5.41) is 9.44. The van der Waals surface area contributed by atoms with Gasteiger partial charge in [0.1, 0.15) is 19.8 Å². The van der Waals surface area contributed by atoms with Gasteiger partial charge in [-0.1, -0.05) is 11.6 Å². The number of amides is 1. The van der Waals surface area contributed by atoms with Crippen LogP contribution < -0.4 is 9.47 Å². The molecular formula is C16H18ClNO6. The van der Waals surface area contributed by atoms with Crippen LogP contribution in [0.1, 0.15) is 23.2 Å². The summed E-state index contributed by atoms with van der Waals surface area (Å²) >= 11 is 6.18. The Bertz CT molecular complexity index is 644. The van der Waals surface area contributed by atoms with Crippen LogP contribution in [-0.2, 0) is 9.53 Å². The molecule has 7 nitrogen and oxygen atoms in total. The lowest BCUT2D eigenvalue weighted by Gasteiger charge is -2.33. The summed E-state index contributed by atoms with van der Waals surface area (Å²) in [6, 6.07) is 2.87. The van der Waals surface area contributed by atoms with Crippen molar-refractivity contribution >= 4 is 23.5 Å². The summed E-state index contributed by atoms with van der Waals surface area (Å²) in [5.74, 6) is -0.628. The third kappa shape index (κ3) is 3.57. The second-order valence-corrected chi connectivity index (χ2v) is 6.06. The second kappa shape index (κ2) is 7.27. The summed E-state index contributed by atoms with van der Waals surface area (Å²) in [6.07, 6.45) is 1.22. The van der Waals surface area contributed by atoms with Crippen molar-refractivity contribution in [3.63, 3.8) is 0 Å². The summed E-state index contributed by atoms with van der Waals surface area (Å²) < 4.78 is 16.2. The van der Waals surface area contributed by atoms with Gasteiger partial charge in [-0.05, 0) is 25.0 Å². The van der Waals surface area contributed by atoms with Gasteiger partial charge >= 0.3 is 5.97 Å². The molecule has 0 unspecified atom stereocenters. The molecule has 1 aromatic rings. The Morgan fingerprint density at radius 2 is 1.88 bits per heavy atom. The van der Waals surface area contributed by atoms with E-state index in [1.807, 2.05) is 0 Å². The number of nitrogens with zero attached hydrogens (tertiary/aromatic N) is 1. The number of carboxylic acids is 1. The van der Waals surface area contributed by atoms with Gasteiger partial charge in [0, 0.05) is 24.8 Å². The van der Waals surface area contributed by atoms with Crippen LogP contribution >= 0.6 is 11.6 Å². The number of carboxylic acid groups (broad SMARTS) is 1. The number of rotatable bonds is 4. The van der Waals surface area contributed by atoms with Gasteiger partial charge in [-0.25, -0.2) is 0 Å². The standard InChI is InChI=1S/C16H18ClNO6/c17-12-7-10(8-13-15(12)24-6-5-23-13)16(21)18(9-14(19)20)11-1-3-22-4-2-11/h7-8,11H,1-6,9H2,(H,19,20). The Kier molecular flexibility index (Phi) is 5.11. The van der Waals surface area contributed by atoms with Gasteiger partial charge in [0.05, 0.1) is 5.02 Å². The molecule has 24 heavy (non-hydrogen) atoms. The highest BCUT2D eigenvalue weighted by molar-refractivity contribution is 6.32. The predicted molar refractivity (Wildman–Crippen MR) is 85.0 cm³/mol. The number of halogens is 1. The lowest BCUT2D eigenvalue weighted by molar-refractivity contribution is -0.138. The number of carbonyl (C=O) groups is 2. The average molecular weight is 356 g/mol. The van der Waals surface area contributed by atoms with Crippen LogP contribution in [0.5, 0.6) is 11.5 Å². The van der Waals surface area contributed by atoms with Gasteiger partial charge in [0.2, 0.25) is 0 Å². The van der Waals surface area contributed by atoms with Crippen LogP contribution in [0, 0.1) is 0 Å². The number of hydrogen-bond acceptors (Lipinski definition) is 5. The molecule has 3 rings (SSSR count). The van der Waals surface area contributed by atoms with Gasteiger partial charge in [-0.3, -0.25) is 9.59 Å². The average Bonchev–Trinajstić information content (AvgIpc) is 2.59. The van der Waals surface area contributed by atoms with Crippen molar-refractivity contribution < 1.29 is 28.9 Å². The van der Waals surface area contributed by atoms with Crippen LogP contribution in [0.4, 0.5) is 0 Å². The number of fused-ring (bicyclic) bond motifs is 1. The topological polar surface area (TPSA) is 85.3 Å². The van der Waals surface area contributed by atoms with Crippen molar-refractivity contribution in [1.29, 1.82) is 0 Å². The van der Waals surface area contributed by atoms with Crippen molar-refractivity contribution in [2.75, 3.05) is 33.0 Å². The molecule has 0 saturated carbocycles. The van der Waals surface area contributed by atoms with E-state index in [1.165, 1.54) is 11.0 Å². The van der Waals surface area contributed by atoms with E-state index >= 15 is 0 Å². The zero-order chi connectivity index (χ0) is 17.1. The Morgan fingerprint density at radius 1 is 1.17 bits per heavy atom. The van der Waals surface area contributed by atoms with Gasteiger partial charge in [0.15, 0.2) is 11.5 Å². The van der Waals surface area contributed by atoms with Crippen molar-refractivity contribution in [3.8, 4) is 11.5 Å². The molecule has 0 aromatic heterocycles. The highest BCUT2D eigenvalue weighted by atomic mass is 35.5. The van der Waals surface area contributed by atoms with Crippen LogP contribution in [0.15, 0.2) is 12.1 Å². The maximum atomic E-state index is 12.9. The van der Waals surface area contributed by atoms with Crippen molar-refractivity contribution in [1.82, 2.24) is 4.90 Å². The van der Waals surface area contributed by atoms with E-state index in [9.17, 15) is 9.59 Å². The SMILES string of the molecule is O=C(O)CN(C(=O)c1cc(Cl)c2c(c1)OCCO2)C1CCOCC1. The fourth-order valence-electron chi connectivity index (χ4n) is 2.91. The van der Waals surface area contributed by atoms with Crippen molar-refractivity contribution in [2.24, 2.45) is 0 Å². The Morgan fingerprint density at radius 3 is 2.58 bits per heavy atom. The molecule has 1 fully saturated rings. The number of benzene rings is 1. The molecule has 130 valence electrons. The maximum absolute atomic E-state index is 12.9. The molecule has 0 aliphatic carbocycles. The molecule has 1 amide bonds. The molecule has 1 N–H and O–H groups in total. The maximum Gasteiger partial charge on any atom is 0.323 e. The van der Waals surface area contributed by atoms with E-state index in [-0.39, 0.29) is 29.1 Å². The van der Waals surface area contributed by atoms with E-state index in [1.54, 1.807) is 6.07 Å². The lowest BCUT2D eigenvalue weighted by Crippen LogP contribution is -2.46. The first-order chi connectivity index (χ1) is 11.6. The minimum atomic E-state index is -1.06. The molecule has 8 heteroatoms. The van der Waals surface area contributed by atoms with Crippen molar-refractivity contribution in [2.45, 2.75) is 18.9 Å². The second-order valence-electron chi connectivity index (χ2n) is 5.65. The molecule has 2 aliphatic rings. The summed E-state index contributed by atoms with van der Waals surface area (Å²) in [5.41, 5.74) is 0.289. The molecule has 1 aromatic carbocycles. The van der Waals surface area contributed by atoms with Gasteiger partial charge in [-0.15, -0.1) is 0 Å². The number of carbonyl (C=O) groups excluding carboxylic acids is 1. The fraction of sp³-hybridized carbons (Fsp3) is 0.500. The molecule has 1 saturated heterocycles. The quantitative estimate of drug-likeness (QED) is 0.886. The first-order valence-electron chi connectivity index (χ1n) is 7.76. The first-order valence-corrected chi connectivity index (χ1v) is 8.13. The molecular weight excluding hydrogens is 338 g/mol. The molecule has 0 bridgehead atoms. The molecule has 0 radical (unpaired) electrons. The van der Waals surface area contributed by atoms with E-state index in [0.717, 1.165) is 0 Å². The Hall–Kier alpha value is -1.99. The zero-order valence-corrected chi connectivity index (χ0v) is 13.8. The van der Waals surface area contributed by atoms with Crippen molar-refractivity contribution in [3.05, 3.63) is 22.7 Å². The molecule has 2 aliphatic heterocycles. The minimum absolute atomic E-state index is 0.172. The van der Waals surface area contributed by atoms with Gasteiger partial charge < -0.3 is 24.2 Å². The third-order valence-corrected chi connectivity index (χ3v) is 4.32. The van der Waals surface area contributed by atoms with Crippen LogP contribution in [0.2, 0.25) is 5.02 Å². The molecule has 0 spiro atoms. The Balaban J connectivity index is 1.88.